The molecule has 2 N–H and O–H groups in total. The van der Waals surface area contributed by atoms with Gasteiger partial charge < -0.3 is 15.5 Å². The maximum atomic E-state index is 12.4. The molecule has 0 aromatic rings. The zero-order valence-electron chi connectivity index (χ0n) is 15.0. The molecule has 2 fully saturated rings. The van der Waals surface area contributed by atoms with Crippen molar-refractivity contribution in [1.82, 2.24) is 9.80 Å². The van der Waals surface area contributed by atoms with Crippen LogP contribution >= 0.6 is 0 Å². The summed E-state index contributed by atoms with van der Waals surface area (Å²) in [5, 5.41) is 0. The van der Waals surface area contributed by atoms with Crippen molar-refractivity contribution in [2.45, 2.75) is 70.6 Å². The van der Waals surface area contributed by atoms with E-state index < -0.39 is 0 Å². The van der Waals surface area contributed by atoms with Crippen LogP contribution in [0.4, 0.5) is 0 Å². The minimum atomic E-state index is 0.387. The molecule has 2 aliphatic heterocycles. The third-order valence-electron chi connectivity index (χ3n) is 5.43. The molecule has 1 unspecified atom stereocenters. The van der Waals surface area contributed by atoms with Gasteiger partial charge in [0.25, 0.3) is 0 Å². The van der Waals surface area contributed by atoms with Crippen LogP contribution in [-0.2, 0) is 4.79 Å². The molecule has 4 heteroatoms. The summed E-state index contributed by atoms with van der Waals surface area (Å²) in [6, 6.07) is 0. The topological polar surface area (TPSA) is 49.6 Å². The van der Waals surface area contributed by atoms with Gasteiger partial charge in [0.2, 0.25) is 5.91 Å². The number of piperidine rings is 1. The minimum absolute atomic E-state index is 0.387. The lowest BCUT2D eigenvalue weighted by atomic mass is 9.96. The van der Waals surface area contributed by atoms with E-state index >= 15 is 0 Å². The molecular weight excluding hydrogens is 286 g/mol. The predicted octanol–water partition coefficient (Wildman–Crippen LogP) is 3.01. The molecule has 134 valence electrons. The highest BCUT2D eigenvalue weighted by Gasteiger charge is 2.25. The summed E-state index contributed by atoms with van der Waals surface area (Å²) in [4.78, 5) is 17.2. The number of hydrogen-bond acceptors (Lipinski definition) is 3. The van der Waals surface area contributed by atoms with Gasteiger partial charge in [0.05, 0.1) is 0 Å². The summed E-state index contributed by atoms with van der Waals surface area (Å²) in [5.74, 6) is 1.08. The molecule has 0 aromatic heterocycles. The van der Waals surface area contributed by atoms with E-state index in [1.165, 1.54) is 64.6 Å². The lowest BCUT2D eigenvalue weighted by Gasteiger charge is -2.35. The lowest BCUT2D eigenvalue weighted by Crippen LogP contribution is -2.43. The molecule has 0 aromatic carbocycles. The smallest absolute Gasteiger partial charge is 0.222 e. The molecule has 0 aliphatic carbocycles. The Morgan fingerprint density at radius 3 is 2.39 bits per heavy atom. The number of rotatable bonds is 8. The lowest BCUT2D eigenvalue weighted by molar-refractivity contribution is -0.133. The van der Waals surface area contributed by atoms with Crippen LogP contribution in [0.25, 0.3) is 0 Å². The third-order valence-corrected chi connectivity index (χ3v) is 5.43. The van der Waals surface area contributed by atoms with Gasteiger partial charge in [-0.2, -0.15) is 0 Å². The first-order valence-corrected chi connectivity index (χ1v) is 10.00. The van der Waals surface area contributed by atoms with E-state index in [1.54, 1.807) is 0 Å². The maximum absolute atomic E-state index is 12.4. The summed E-state index contributed by atoms with van der Waals surface area (Å²) in [6.07, 6.45) is 13.2. The minimum Gasteiger partial charge on any atom is -0.342 e. The van der Waals surface area contributed by atoms with Crippen LogP contribution in [0.15, 0.2) is 0 Å². The average Bonchev–Trinajstić information content (AvgIpc) is 2.83. The van der Waals surface area contributed by atoms with Crippen LogP contribution in [0, 0.1) is 5.92 Å². The number of carbonyl (C=O) groups excluding carboxylic acids is 1. The van der Waals surface area contributed by atoms with Crippen molar-refractivity contribution in [3.63, 3.8) is 0 Å². The second kappa shape index (κ2) is 11.0. The summed E-state index contributed by atoms with van der Waals surface area (Å²) in [6.45, 7) is 6.51. The SMILES string of the molecule is NCCCCCCC(=O)N1CCCC(CN2CCCCCC2)C1. The number of nitrogens with two attached hydrogens (primary N) is 1. The van der Waals surface area contributed by atoms with Crippen molar-refractivity contribution >= 4 is 5.91 Å². The highest BCUT2D eigenvalue weighted by atomic mass is 16.2. The standard InChI is InChI=1S/C19H37N3O/c20-12-6-2-1-5-11-19(23)22-15-9-10-18(17-22)16-21-13-7-3-4-8-14-21/h18H,1-17,20H2. The molecule has 2 rings (SSSR count). The van der Waals surface area contributed by atoms with Crippen LogP contribution < -0.4 is 5.73 Å². The fourth-order valence-corrected chi connectivity index (χ4v) is 4.06. The van der Waals surface area contributed by atoms with E-state index in [0.29, 0.717) is 11.8 Å². The molecule has 0 radical (unpaired) electrons. The first kappa shape index (κ1) is 18.7. The monoisotopic (exact) mass is 323 g/mol. The largest absolute Gasteiger partial charge is 0.342 e. The molecule has 2 saturated heterocycles. The van der Waals surface area contributed by atoms with E-state index in [1.807, 2.05) is 0 Å². The number of carbonyl (C=O) groups is 1. The summed E-state index contributed by atoms with van der Waals surface area (Å²) < 4.78 is 0. The molecule has 2 heterocycles. The molecule has 0 bridgehead atoms. The van der Waals surface area contributed by atoms with Crippen molar-refractivity contribution in [2.75, 3.05) is 39.3 Å². The van der Waals surface area contributed by atoms with Crippen molar-refractivity contribution in [2.24, 2.45) is 11.7 Å². The van der Waals surface area contributed by atoms with E-state index in [-0.39, 0.29) is 0 Å². The quantitative estimate of drug-likeness (QED) is 0.699. The van der Waals surface area contributed by atoms with Gasteiger partial charge in [0.1, 0.15) is 0 Å². The van der Waals surface area contributed by atoms with Gasteiger partial charge in [-0.25, -0.2) is 0 Å². The van der Waals surface area contributed by atoms with Gasteiger partial charge in [-0.3, -0.25) is 4.79 Å². The van der Waals surface area contributed by atoms with Crippen molar-refractivity contribution in [1.29, 1.82) is 0 Å². The highest BCUT2D eigenvalue weighted by molar-refractivity contribution is 5.76. The zero-order chi connectivity index (χ0) is 16.3. The normalized spacial score (nSPS) is 23.7. The Labute approximate surface area is 142 Å². The second-order valence-electron chi connectivity index (χ2n) is 7.52. The number of hydrogen-bond donors (Lipinski definition) is 1. The maximum Gasteiger partial charge on any atom is 0.222 e. The Morgan fingerprint density at radius 2 is 1.65 bits per heavy atom. The summed E-state index contributed by atoms with van der Waals surface area (Å²) in [7, 11) is 0. The summed E-state index contributed by atoms with van der Waals surface area (Å²) >= 11 is 0. The average molecular weight is 324 g/mol. The first-order chi connectivity index (χ1) is 11.3. The molecule has 4 nitrogen and oxygen atoms in total. The van der Waals surface area contributed by atoms with Gasteiger partial charge in [0, 0.05) is 26.1 Å². The van der Waals surface area contributed by atoms with Gasteiger partial charge in [-0.05, 0) is 64.1 Å². The Balaban J connectivity index is 1.66. The number of nitrogens with zero attached hydrogens (tertiary/aromatic N) is 2. The third kappa shape index (κ3) is 7.21. The van der Waals surface area contributed by atoms with Crippen LogP contribution in [0.3, 0.4) is 0 Å². The number of likely N-dealkylation sites (tertiary alicyclic amines) is 2. The first-order valence-electron chi connectivity index (χ1n) is 10.00. The molecule has 0 spiro atoms. The Hall–Kier alpha value is -0.610. The van der Waals surface area contributed by atoms with Crippen molar-refractivity contribution in [3.05, 3.63) is 0 Å². The van der Waals surface area contributed by atoms with Crippen LogP contribution in [-0.4, -0.2) is 55.0 Å². The van der Waals surface area contributed by atoms with Gasteiger partial charge >= 0.3 is 0 Å². The van der Waals surface area contributed by atoms with Gasteiger partial charge in [-0.1, -0.05) is 25.7 Å². The molecule has 2 aliphatic rings. The van der Waals surface area contributed by atoms with Crippen molar-refractivity contribution in [3.8, 4) is 0 Å². The predicted molar refractivity (Wildman–Crippen MR) is 96.4 cm³/mol. The van der Waals surface area contributed by atoms with Crippen LogP contribution in [0.1, 0.15) is 70.6 Å². The van der Waals surface area contributed by atoms with E-state index in [9.17, 15) is 4.79 Å². The summed E-state index contributed by atoms with van der Waals surface area (Å²) in [5.41, 5.74) is 5.51. The van der Waals surface area contributed by atoms with Gasteiger partial charge in [-0.15, -0.1) is 0 Å². The fourth-order valence-electron chi connectivity index (χ4n) is 4.06. The Morgan fingerprint density at radius 1 is 0.913 bits per heavy atom. The van der Waals surface area contributed by atoms with E-state index in [4.69, 9.17) is 5.73 Å². The highest BCUT2D eigenvalue weighted by Crippen LogP contribution is 2.20. The number of amides is 1. The second-order valence-corrected chi connectivity index (χ2v) is 7.52. The molecule has 1 amide bonds. The van der Waals surface area contributed by atoms with Gasteiger partial charge in [0.15, 0.2) is 0 Å². The number of unbranched alkanes of at least 4 members (excludes halogenated alkanes) is 3. The molecule has 0 saturated carbocycles. The molecule has 1 atom stereocenters. The fraction of sp³-hybridized carbons (Fsp3) is 0.947. The van der Waals surface area contributed by atoms with Crippen LogP contribution in [0.2, 0.25) is 0 Å². The van der Waals surface area contributed by atoms with Crippen LogP contribution in [0.5, 0.6) is 0 Å². The Kier molecular flexibility index (Phi) is 8.98. The zero-order valence-corrected chi connectivity index (χ0v) is 15.0. The molecule has 23 heavy (non-hydrogen) atoms. The Bertz CT molecular complexity index is 327. The van der Waals surface area contributed by atoms with E-state index in [2.05, 4.69) is 9.80 Å². The van der Waals surface area contributed by atoms with E-state index in [0.717, 1.165) is 45.3 Å². The molecular formula is C19H37N3O. The van der Waals surface area contributed by atoms with Crippen molar-refractivity contribution < 1.29 is 4.79 Å².